The smallest absolute Gasteiger partial charge is 0.418 e. The fourth-order valence-electron chi connectivity index (χ4n) is 1.92. The number of alkyl halides is 3. The van der Waals surface area contributed by atoms with Gasteiger partial charge in [-0.3, -0.25) is 9.59 Å². The molecular formula is C14H14F3NO3. The van der Waals surface area contributed by atoms with Crippen molar-refractivity contribution in [1.29, 1.82) is 0 Å². The Kier molecular flexibility index (Phi) is 4.20. The van der Waals surface area contributed by atoms with Gasteiger partial charge in [-0.05, 0) is 24.5 Å². The second-order valence-electron chi connectivity index (χ2n) is 5.02. The predicted octanol–water partition coefficient (Wildman–Crippen LogP) is 2.84. The third-order valence-corrected chi connectivity index (χ3v) is 3.26. The molecule has 1 amide bonds. The summed E-state index contributed by atoms with van der Waals surface area (Å²) >= 11 is 0. The van der Waals surface area contributed by atoms with E-state index in [2.05, 4.69) is 5.32 Å². The summed E-state index contributed by atoms with van der Waals surface area (Å²) in [7, 11) is 0. The number of nitrogens with one attached hydrogen (secondary N) is 1. The molecule has 0 heterocycles. The molecule has 1 N–H and O–H groups in total. The van der Waals surface area contributed by atoms with Gasteiger partial charge in [0.15, 0.2) is 6.61 Å². The van der Waals surface area contributed by atoms with Gasteiger partial charge in [0.2, 0.25) is 0 Å². The number of ether oxygens (including phenoxy) is 1. The summed E-state index contributed by atoms with van der Waals surface area (Å²) < 4.78 is 43.0. The first-order chi connectivity index (χ1) is 9.79. The number of carbonyl (C=O) groups excluding carboxylic acids is 2. The summed E-state index contributed by atoms with van der Waals surface area (Å²) in [4.78, 5) is 23.0. The Morgan fingerprint density at radius 2 is 1.95 bits per heavy atom. The Morgan fingerprint density at radius 3 is 2.52 bits per heavy atom. The van der Waals surface area contributed by atoms with Crippen molar-refractivity contribution in [2.45, 2.75) is 19.5 Å². The van der Waals surface area contributed by atoms with Crippen molar-refractivity contribution in [3.63, 3.8) is 0 Å². The van der Waals surface area contributed by atoms with E-state index in [9.17, 15) is 22.8 Å². The molecule has 21 heavy (non-hydrogen) atoms. The minimum absolute atomic E-state index is 0.194. The molecule has 1 aliphatic rings. The maximum absolute atomic E-state index is 12.7. The topological polar surface area (TPSA) is 55.4 Å². The highest BCUT2D eigenvalue weighted by molar-refractivity contribution is 5.93. The van der Waals surface area contributed by atoms with E-state index in [1.54, 1.807) is 0 Å². The van der Waals surface area contributed by atoms with E-state index in [-0.39, 0.29) is 17.5 Å². The largest absolute Gasteiger partial charge is 0.455 e. The monoisotopic (exact) mass is 301 g/mol. The molecule has 7 heteroatoms. The zero-order chi connectivity index (χ0) is 15.6. The molecule has 0 aliphatic heterocycles. The quantitative estimate of drug-likeness (QED) is 0.870. The van der Waals surface area contributed by atoms with E-state index in [4.69, 9.17) is 4.74 Å². The van der Waals surface area contributed by atoms with Crippen LogP contribution in [0.5, 0.6) is 0 Å². The highest BCUT2D eigenvalue weighted by Crippen LogP contribution is 2.38. The summed E-state index contributed by atoms with van der Waals surface area (Å²) in [6.45, 7) is 1.29. The average Bonchev–Trinajstić information content (AvgIpc) is 3.12. The van der Waals surface area contributed by atoms with Crippen LogP contribution in [0.1, 0.15) is 18.9 Å². The van der Waals surface area contributed by atoms with Crippen molar-refractivity contribution >= 4 is 17.6 Å². The molecule has 1 fully saturated rings. The third-order valence-electron chi connectivity index (χ3n) is 3.26. The van der Waals surface area contributed by atoms with Crippen molar-refractivity contribution in [2.75, 3.05) is 11.9 Å². The van der Waals surface area contributed by atoms with Crippen LogP contribution < -0.4 is 5.32 Å². The van der Waals surface area contributed by atoms with Gasteiger partial charge in [0.25, 0.3) is 5.91 Å². The lowest BCUT2D eigenvalue weighted by molar-refractivity contribution is -0.149. The van der Waals surface area contributed by atoms with Crippen molar-refractivity contribution in [2.24, 2.45) is 11.8 Å². The van der Waals surface area contributed by atoms with Crippen molar-refractivity contribution in [1.82, 2.24) is 0 Å². The second kappa shape index (κ2) is 5.75. The zero-order valence-corrected chi connectivity index (χ0v) is 11.2. The summed E-state index contributed by atoms with van der Waals surface area (Å²) in [6.07, 6.45) is -3.85. The minimum atomic E-state index is -4.57. The van der Waals surface area contributed by atoms with Crippen LogP contribution >= 0.6 is 0 Å². The first-order valence-corrected chi connectivity index (χ1v) is 6.41. The van der Waals surface area contributed by atoms with Crippen molar-refractivity contribution < 1.29 is 27.5 Å². The molecule has 1 aliphatic carbocycles. The number of para-hydroxylation sites is 1. The Labute approximate surface area is 119 Å². The van der Waals surface area contributed by atoms with Gasteiger partial charge in [-0.2, -0.15) is 13.2 Å². The summed E-state index contributed by atoms with van der Waals surface area (Å²) in [5, 5.41) is 2.11. The number of carbonyl (C=O) groups is 2. The van der Waals surface area contributed by atoms with Crippen LogP contribution in [0.25, 0.3) is 0 Å². The zero-order valence-electron chi connectivity index (χ0n) is 11.2. The highest BCUT2D eigenvalue weighted by Gasteiger charge is 2.40. The molecule has 0 unspecified atom stereocenters. The van der Waals surface area contributed by atoms with Gasteiger partial charge in [-0.15, -0.1) is 0 Å². The maximum atomic E-state index is 12.7. The number of hydrogen-bond acceptors (Lipinski definition) is 3. The summed E-state index contributed by atoms with van der Waals surface area (Å²) in [5.41, 5.74) is -1.30. The van der Waals surface area contributed by atoms with Crippen LogP contribution in [-0.2, 0) is 20.5 Å². The molecule has 1 aromatic carbocycles. The van der Waals surface area contributed by atoms with Gasteiger partial charge in [0.05, 0.1) is 17.2 Å². The van der Waals surface area contributed by atoms with Crippen LogP contribution in [0.3, 0.4) is 0 Å². The van der Waals surface area contributed by atoms with Crippen LogP contribution in [0.2, 0.25) is 0 Å². The van der Waals surface area contributed by atoms with Gasteiger partial charge in [0, 0.05) is 0 Å². The fraction of sp³-hybridized carbons (Fsp3) is 0.429. The number of anilines is 1. The SMILES string of the molecule is C[C@@H]1C[C@H]1C(=O)OCC(=O)Nc1ccccc1C(F)(F)F. The van der Waals surface area contributed by atoms with Crippen molar-refractivity contribution in [3.8, 4) is 0 Å². The Hall–Kier alpha value is -2.05. The number of rotatable bonds is 4. The molecule has 2 atom stereocenters. The lowest BCUT2D eigenvalue weighted by Gasteiger charge is -2.13. The molecule has 0 aromatic heterocycles. The number of esters is 1. The molecule has 0 spiro atoms. The molecule has 0 saturated heterocycles. The van der Waals surface area contributed by atoms with Gasteiger partial charge >= 0.3 is 12.1 Å². The molecule has 114 valence electrons. The van der Waals surface area contributed by atoms with E-state index in [1.807, 2.05) is 6.92 Å². The fourth-order valence-corrected chi connectivity index (χ4v) is 1.92. The van der Waals surface area contributed by atoms with Crippen LogP contribution in [0.4, 0.5) is 18.9 Å². The first kappa shape index (κ1) is 15.3. The number of amides is 1. The summed E-state index contributed by atoms with van der Waals surface area (Å²) in [6, 6.07) is 4.62. The van der Waals surface area contributed by atoms with E-state index in [1.165, 1.54) is 12.1 Å². The average molecular weight is 301 g/mol. The Morgan fingerprint density at radius 1 is 1.33 bits per heavy atom. The van der Waals surface area contributed by atoms with E-state index < -0.39 is 30.2 Å². The van der Waals surface area contributed by atoms with Gasteiger partial charge in [-0.1, -0.05) is 19.1 Å². The summed E-state index contributed by atoms with van der Waals surface area (Å²) in [5.74, 6) is -1.23. The molecule has 2 rings (SSSR count). The molecular weight excluding hydrogens is 287 g/mol. The van der Waals surface area contributed by atoms with Crippen LogP contribution in [-0.4, -0.2) is 18.5 Å². The lowest BCUT2D eigenvalue weighted by Crippen LogP contribution is -2.23. The number of hydrogen-bond donors (Lipinski definition) is 1. The third kappa shape index (κ3) is 3.96. The molecule has 0 radical (unpaired) electrons. The number of halogens is 3. The normalized spacial score (nSPS) is 20.8. The minimum Gasteiger partial charge on any atom is -0.455 e. The molecule has 1 saturated carbocycles. The van der Waals surface area contributed by atoms with Crippen LogP contribution in [0, 0.1) is 11.8 Å². The standard InChI is InChI=1S/C14H14F3NO3/c1-8-6-9(8)13(20)21-7-12(19)18-11-5-3-2-4-10(11)14(15,16)17/h2-5,8-9H,6-7H2,1H3,(H,18,19)/t8-,9-/m1/s1. The highest BCUT2D eigenvalue weighted by atomic mass is 19.4. The lowest BCUT2D eigenvalue weighted by atomic mass is 10.1. The van der Waals surface area contributed by atoms with Gasteiger partial charge in [0.1, 0.15) is 0 Å². The molecule has 1 aromatic rings. The van der Waals surface area contributed by atoms with Gasteiger partial charge in [-0.25, -0.2) is 0 Å². The molecule has 4 nitrogen and oxygen atoms in total. The first-order valence-electron chi connectivity index (χ1n) is 6.41. The maximum Gasteiger partial charge on any atom is 0.418 e. The van der Waals surface area contributed by atoms with Crippen LogP contribution in [0.15, 0.2) is 24.3 Å². The Balaban J connectivity index is 1.92. The molecule has 0 bridgehead atoms. The predicted molar refractivity (Wildman–Crippen MR) is 68.3 cm³/mol. The number of benzene rings is 1. The Bertz CT molecular complexity index is 557. The van der Waals surface area contributed by atoms with E-state index >= 15 is 0 Å². The van der Waals surface area contributed by atoms with Gasteiger partial charge < -0.3 is 10.1 Å². The second-order valence-corrected chi connectivity index (χ2v) is 5.02. The van der Waals surface area contributed by atoms with E-state index in [0.717, 1.165) is 18.6 Å². The van der Waals surface area contributed by atoms with E-state index in [0.29, 0.717) is 0 Å². The van der Waals surface area contributed by atoms with Crippen molar-refractivity contribution in [3.05, 3.63) is 29.8 Å².